The Labute approximate surface area is 127 Å². The number of carbonyl (C=O) groups excluding carboxylic acids is 1. The lowest BCUT2D eigenvalue weighted by Crippen LogP contribution is -2.54. The SMILES string of the molecule is CC(C(=O)NCC1CN(C)CCN1C)c1cccc(N)c1. The van der Waals surface area contributed by atoms with E-state index in [1.165, 1.54) is 0 Å². The molecule has 0 aliphatic carbocycles. The van der Waals surface area contributed by atoms with E-state index in [0.29, 0.717) is 18.3 Å². The molecule has 1 aromatic carbocycles. The van der Waals surface area contributed by atoms with Gasteiger partial charge in [-0.2, -0.15) is 0 Å². The van der Waals surface area contributed by atoms with Crippen LogP contribution in [-0.4, -0.2) is 62.0 Å². The summed E-state index contributed by atoms with van der Waals surface area (Å²) in [4.78, 5) is 16.9. The van der Waals surface area contributed by atoms with Gasteiger partial charge in [-0.3, -0.25) is 9.69 Å². The fraction of sp³-hybridized carbons (Fsp3) is 0.562. The second kappa shape index (κ2) is 6.91. The zero-order chi connectivity index (χ0) is 15.4. The van der Waals surface area contributed by atoms with Crippen LogP contribution in [0.3, 0.4) is 0 Å². The summed E-state index contributed by atoms with van der Waals surface area (Å²) in [6, 6.07) is 7.91. The molecule has 1 aliphatic rings. The fourth-order valence-electron chi connectivity index (χ4n) is 2.67. The van der Waals surface area contributed by atoms with Gasteiger partial charge < -0.3 is 16.0 Å². The molecular weight excluding hydrogens is 264 g/mol. The Balaban J connectivity index is 1.89. The van der Waals surface area contributed by atoms with Crippen molar-refractivity contribution in [1.82, 2.24) is 15.1 Å². The molecule has 5 nitrogen and oxygen atoms in total. The Hall–Kier alpha value is -1.59. The lowest BCUT2D eigenvalue weighted by molar-refractivity contribution is -0.122. The van der Waals surface area contributed by atoms with E-state index in [9.17, 15) is 4.79 Å². The van der Waals surface area contributed by atoms with Gasteiger partial charge in [0.1, 0.15) is 0 Å². The van der Waals surface area contributed by atoms with Crippen molar-refractivity contribution in [2.45, 2.75) is 18.9 Å². The first-order chi connectivity index (χ1) is 9.97. The van der Waals surface area contributed by atoms with Crippen molar-refractivity contribution in [1.29, 1.82) is 0 Å². The molecule has 1 amide bonds. The first kappa shape index (κ1) is 15.8. The van der Waals surface area contributed by atoms with E-state index in [1.54, 1.807) is 0 Å². The molecule has 116 valence electrons. The van der Waals surface area contributed by atoms with E-state index in [-0.39, 0.29) is 11.8 Å². The monoisotopic (exact) mass is 290 g/mol. The highest BCUT2D eigenvalue weighted by molar-refractivity contribution is 5.83. The Morgan fingerprint density at radius 3 is 2.90 bits per heavy atom. The molecule has 21 heavy (non-hydrogen) atoms. The van der Waals surface area contributed by atoms with Crippen molar-refractivity contribution in [3.8, 4) is 0 Å². The van der Waals surface area contributed by atoms with Gasteiger partial charge in [0, 0.05) is 37.9 Å². The Bertz CT molecular complexity index is 491. The van der Waals surface area contributed by atoms with Crippen LogP contribution in [0.15, 0.2) is 24.3 Å². The van der Waals surface area contributed by atoms with Crippen LogP contribution in [0.5, 0.6) is 0 Å². The molecule has 0 radical (unpaired) electrons. The fourth-order valence-corrected chi connectivity index (χ4v) is 2.67. The van der Waals surface area contributed by atoms with Gasteiger partial charge in [-0.25, -0.2) is 0 Å². The van der Waals surface area contributed by atoms with Gasteiger partial charge in [0.2, 0.25) is 5.91 Å². The van der Waals surface area contributed by atoms with Gasteiger partial charge in [0.05, 0.1) is 5.92 Å². The summed E-state index contributed by atoms with van der Waals surface area (Å²) >= 11 is 0. The Morgan fingerprint density at radius 2 is 2.19 bits per heavy atom. The topological polar surface area (TPSA) is 61.6 Å². The zero-order valence-corrected chi connectivity index (χ0v) is 13.2. The summed E-state index contributed by atoms with van der Waals surface area (Å²) in [5.74, 6) is -0.123. The number of nitrogen functional groups attached to an aromatic ring is 1. The molecular formula is C16H26N4O. The number of benzene rings is 1. The van der Waals surface area contributed by atoms with Crippen LogP contribution in [0.25, 0.3) is 0 Å². The largest absolute Gasteiger partial charge is 0.399 e. The lowest BCUT2D eigenvalue weighted by atomic mass is 9.99. The summed E-state index contributed by atoms with van der Waals surface area (Å²) < 4.78 is 0. The number of nitrogens with one attached hydrogen (secondary N) is 1. The number of rotatable bonds is 4. The van der Waals surface area contributed by atoms with Crippen LogP contribution in [0.1, 0.15) is 18.4 Å². The molecule has 1 aromatic rings. The Morgan fingerprint density at radius 1 is 1.43 bits per heavy atom. The second-order valence-electron chi connectivity index (χ2n) is 6.03. The molecule has 1 fully saturated rings. The Kier molecular flexibility index (Phi) is 5.20. The number of anilines is 1. The molecule has 0 bridgehead atoms. The average Bonchev–Trinajstić information content (AvgIpc) is 2.47. The first-order valence-corrected chi connectivity index (χ1v) is 7.49. The number of amides is 1. The van der Waals surface area contributed by atoms with Crippen molar-refractivity contribution in [3.63, 3.8) is 0 Å². The van der Waals surface area contributed by atoms with Gasteiger partial charge >= 0.3 is 0 Å². The van der Waals surface area contributed by atoms with E-state index in [4.69, 9.17) is 5.73 Å². The highest BCUT2D eigenvalue weighted by Crippen LogP contribution is 2.18. The van der Waals surface area contributed by atoms with Crippen LogP contribution in [0, 0.1) is 0 Å². The normalized spacial score (nSPS) is 22.0. The molecule has 5 heteroatoms. The van der Waals surface area contributed by atoms with Crippen molar-refractivity contribution in [2.24, 2.45) is 0 Å². The minimum atomic E-state index is -0.180. The molecule has 1 saturated heterocycles. The lowest BCUT2D eigenvalue weighted by Gasteiger charge is -2.37. The van der Waals surface area contributed by atoms with Crippen LogP contribution < -0.4 is 11.1 Å². The summed E-state index contributed by atoms with van der Waals surface area (Å²) in [6.45, 7) is 5.72. The van der Waals surface area contributed by atoms with Crippen molar-refractivity contribution in [3.05, 3.63) is 29.8 Å². The standard InChI is InChI=1S/C16H26N4O/c1-12(13-5-4-6-14(17)9-13)16(21)18-10-15-11-19(2)7-8-20(15)3/h4-6,9,12,15H,7-8,10-11,17H2,1-3H3,(H,18,21). The molecule has 2 atom stereocenters. The van der Waals surface area contributed by atoms with Gasteiger partial charge in [-0.15, -0.1) is 0 Å². The minimum absolute atomic E-state index is 0.0576. The molecule has 2 unspecified atom stereocenters. The number of carbonyl (C=O) groups is 1. The molecule has 0 saturated carbocycles. The number of nitrogens with zero attached hydrogens (tertiary/aromatic N) is 2. The summed E-state index contributed by atoms with van der Waals surface area (Å²) in [5, 5.41) is 3.07. The maximum atomic E-state index is 12.3. The van der Waals surface area contributed by atoms with Crippen molar-refractivity contribution in [2.75, 3.05) is 46.0 Å². The number of piperazine rings is 1. The summed E-state index contributed by atoms with van der Waals surface area (Å²) in [7, 11) is 4.24. The van der Waals surface area contributed by atoms with Gasteiger partial charge in [0.15, 0.2) is 0 Å². The number of likely N-dealkylation sites (N-methyl/N-ethyl adjacent to an activating group) is 2. The summed E-state index contributed by atoms with van der Waals surface area (Å²) in [6.07, 6.45) is 0. The van der Waals surface area contributed by atoms with Crippen LogP contribution in [-0.2, 0) is 4.79 Å². The molecule has 0 spiro atoms. The molecule has 1 aliphatic heterocycles. The first-order valence-electron chi connectivity index (χ1n) is 7.49. The summed E-state index contributed by atoms with van der Waals surface area (Å²) in [5.41, 5.74) is 7.43. The number of hydrogen-bond acceptors (Lipinski definition) is 4. The number of nitrogens with two attached hydrogens (primary N) is 1. The van der Waals surface area contributed by atoms with Gasteiger partial charge in [-0.1, -0.05) is 12.1 Å². The maximum Gasteiger partial charge on any atom is 0.227 e. The molecule has 1 heterocycles. The quantitative estimate of drug-likeness (QED) is 0.803. The van der Waals surface area contributed by atoms with Crippen molar-refractivity contribution >= 4 is 11.6 Å². The second-order valence-corrected chi connectivity index (χ2v) is 6.03. The third kappa shape index (κ3) is 4.19. The highest BCUT2D eigenvalue weighted by Gasteiger charge is 2.23. The minimum Gasteiger partial charge on any atom is -0.399 e. The maximum absolute atomic E-state index is 12.3. The van der Waals surface area contributed by atoms with Crippen molar-refractivity contribution < 1.29 is 4.79 Å². The predicted octanol–water partition coefficient (Wildman–Crippen LogP) is 0.734. The smallest absolute Gasteiger partial charge is 0.227 e. The van der Waals surface area contributed by atoms with E-state index >= 15 is 0 Å². The van der Waals surface area contributed by atoms with Gasteiger partial charge in [-0.05, 0) is 38.7 Å². The third-order valence-corrected chi connectivity index (χ3v) is 4.30. The average molecular weight is 290 g/mol. The van der Waals surface area contributed by atoms with Gasteiger partial charge in [0.25, 0.3) is 0 Å². The van der Waals surface area contributed by atoms with Crippen LogP contribution >= 0.6 is 0 Å². The third-order valence-electron chi connectivity index (χ3n) is 4.30. The van der Waals surface area contributed by atoms with E-state index < -0.39 is 0 Å². The van der Waals surface area contributed by atoms with E-state index in [0.717, 1.165) is 25.2 Å². The van der Waals surface area contributed by atoms with Crippen LogP contribution in [0.4, 0.5) is 5.69 Å². The zero-order valence-electron chi connectivity index (χ0n) is 13.2. The molecule has 0 aromatic heterocycles. The number of hydrogen-bond donors (Lipinski definition) is 2. The van der Waals surface area contributed by atoms with E-state index in [2.05, 4.69) is 29.2 Å². The van der Waals surface area contributed by atoms with Crippen LogP contribution in [0.2, 0.25) is 0 Å². The highest BCUT2D eigenvalue weighted by atomic mass is 16.1. The predicted molar refractivity (Wildman–Crippen MR) is 86.2 cm³/mol. The molecule has 3 N–H and O–H groups in total. The molecule has 2 rings (SSSR count). The van der Waals surface area contributed by atoms with E-state index in [1.807, 2.05) is 31.2 Å².